The summed E-state index contributed by atoms with van der Waals surface area (Å²) < 4.78 is 76.7. The molecule has 0 aliphatic heterocycles. The molecule has 0 aliphatic rings. The number of imide groups is 1. The molecule has 0 unspecified atom stereocenters. The second-order valence-corrected chi connectivity index (χ2v) is 7.86. The number of nitrogens with zero attached hydrogens (tertiary/aromatic N) is 2. The Kier molecular flexibility index (Phi) is 8.81. The van der Waals surface area contributed by atoms with Crippen molar-refractivity contribution in [2.24, 2.45) is 0 Å². The van der Waals surface area contributed by atoms with Crippen molar-refractivity contribution in [3.8, 4) is 0 Å². The molecule has 3 amide bonds. The molecule has 0 aliphatic carbocycles. The van der Waals surface area contributed by atoms with Gasteiger partial charge in [0.2, 0.25) is 0 Å². The van der Waals surface area contributed by atoms with Crippen LogP contribution in [0.4, 0.5) is 32.4 Å². The SMILES string of the molecule is COCN(C(=O)c1c(F)cccc1F)C(=O)N(COC)c1ccc(SC(F)(F)F)c(C)c1C. The van der Waals surface area contributed by atoms with Crippen molar-refractivity contribution < 1.29 is 41.0 Å². The first kappa shape index (κ1) is 26.6. The average Bonchev–Trinajstić information content (AvgIpc) is 2.72. The van der Waals surface area contributed by atoms with Crippen LogP contribution in [0.25, 0.3) is 0 Å². The summed E-state index contributed by atoms with van der Waals surface area (Å²) in [5.41, 5.74) is -4.74. The molecule has 0 spiro atoms. The van der Waals surface area contributed by atoms with E-state index in [0.717, 1.165) is 23.1 Å². The predicted molar refractivity (Wildman–Crippen MR) is 112 cm³/mol. The number of hydrogen-bond donors (Lipinski definition) is 0. The molecule has 0 aromatic heterocycles. The molecule has 0 radical (unpaired) electrons. The number of carbonyl (C=O) groups is 2. The van der Waals surface area contributed by atoms with E-state index in [1.807, 2.05) is 0 Å². The zero-order chi connectivity index (χ0) is 24.9. The topological polar surface area (TPSA) is 59.1 Å². The quantitative estimate of drug-likeness (QED) is 0.292. The van der Waals surface area contributed by atoms with Gasteiger partial charge in [0.1, 0.15) is 30.7 Å². The standard InChI is InChI=1S/C21H21F5N2O4S/c1-12-13(2)17(33-21(24,25)26)9-8-16(12)27(10-31-3)20(30)28(11-32-4)19(29)18-14(22)6-5-7-15(18)23/h5-9H,10-11H2,1-4H3. The smallest absolute Gasteiger partial charge is 0.364 e. The Bertz CT molecular complexity index is 1010. The third kappa shape index (κ3) is 6.21. The first-order chi connectivity index (χ1) is 15.4. The summed E-state index contributed by atoms with van der Waals surface area (Å²) in [5.74, 6) is -3.64. The molecule has 2 aromatic rings. The van der Waals surface area contributed by atoms with E-state index >= 15 is 0 Å². The Labute approximate surface area is 191 Å². The number of ether oxygens (including phenoxy) is 2. The molecular weight excluding hydrogens is 471 g/mol. The highest BCUT2D eigenvalue weighted by atomic mass is 32.2. The van der Waals surface area contributed by atoms with Gasteiger partial charge in [0.25, 0.3) is 5.91 Å². The van der Waals surface area contributed by atoms with Crippen LogP contribution < -0.4 is 4.90 Å². The van der Waals surface area contributed by atoms with Crippen LogP contribution in [0.5, 0.6) is 0 Å². The van der Waals surface area contributed by atoms with Crippen LogP contribution in [0.15, 0.2) is 35.2 Å². The van der Waals surface area contributed by atoms with Crippen LogP contribution in [0, 0.1) is 25.5 Å². The van der Waals surface area contributed by atoms with Gasteiger partial charge in [0, 0.05) is 19.1 Å². The summed E-state index contributed by atoms with van der Waals surface area (Å²) in [4.78, 5) is 27.5. The Balaban J connectivity index is 2.51. The lowest BCUT2D eigenvalue weighted by molar-refractivity contribution is -0.0328. The number of hydrogen-bond acceptors (Lipinski definition) is 5. The highest BCUT2D eigenvalue weighted by molar-refractivity contribution is 8.00. The molecule has 0 bridgehead atoms. The number of thioether (sulfide) groups is 1. The Morgan fingerprint density at radius 2 is 1.52 bits per heavy atom. The van der Waals surface area contributed by atoms with Crippen LogP contribution in [-0.4, -0.2) is 50.0 Å². The monoisotopic (exact) mass is 492 g/mol. The molecule has 0 fully saturated rings. The molecule has 0 heterocycles. The normalized spacial score (nSPS) is 11.4. The Morgan fingerprint density at radius 1 is 0.939 bits per heavy atom. The third-order valence-electron chi connectivity index (χ3n) is 4.63. The molecule has 6 nitrogen and oxygen atoms in total. The number of benzene rings is 2. The Morgan fingerprint density at radius 3 is 2.03 bits per heavy atom. The van der Waals surface area contributed by atoms with E-state index < -0.39 is 48.1 Å². The summed E-state index contributed by atoms with van der Waals surface area (Å²) in [6, 6.07) is 4.20. The van der Waals surface area contributed by atoms with Crippen LogP contribution in [0.1, 0.15) is 21.5 Å². The van der Waals surface area contributed by atoms with Gasteiger partial charge < -0.3 is 9.47 Å². The number of halogens is 5. The second-order valence-electron chi connectivity index (χ2n) is 6.76. The minimum absolute atomic E-state index is 0.0631. The fraction of sp³-hybridized carbons (Fsp3) is 0.333. The number of alkyl halides is 3. The molecule has 2 rings (SSSR count). The van der Waals surface area contributed by atoms with Gasteiger partial charge >= 0.3 is 11.5 Å². The molecule has 12 heteroatoms. The van der Waals surface area contributed by atoms with Gasteiger partial charge in [-0.2, -0.15) is 13.2 Å². The summed E-state index contributed by atoms with van der Waals surface area (Å²) >= 11 is -0.299. The van der Waals surface area contributed by atoms with Crippen molar-refractivity contribution in [1.82, 2.24) is 4.90 Å². The maximum Gasteiger partial charge on any atom is 0.446 e. The number of rotatable bonds is 7. The lowest BCUT2D eigenvalue weighted by Crippen LogP contribution is -2.48. The first-order valence-electron chi connectivity index (χ1n) is 9.34. The van der Waals surface area contributed by atoms with Crippen LogP contribution >= 0.6 is 11.8 Å². The maximum absolute atomic E-state index is 14.2. The van der Waals surface area contributed by atoms with E-state index in [9.17, 15) is 31.5 Å². The minimum Gasteiger partial charge on any atom is -0.364 e. The molecule has 180 valence electrons. The second kappa shape index (κ2) is 10.9. The molecule has 0 atom stereocenters. The van der Waals surface area contributed by atoms with E-state index in [-0.39, 0.29) is 27.9 Å². The number of carbonyl (C=O) groups excluding carboxylic acids is 2. The highest BCUT2D eigenvalue weighted by Crippen LogP contribution is 2.41. The van der Waals surface area contributed by atoms with Gasteiger partial charge in [-0.3, -0.25) is 9.69 Å². The van der Waals surface area contributed by atoms with Crippen molar-refractivity contribution in [3.63, 3.8) is 0 Å². The average molecular weight is 492 g/mol. The predicted octanol–water partition coefficient (Wildman–Crippen LogP) is 5.47. The zero-order valence-electron chi connectivity index (χ0n) is 18.1. The Hall–Kier alpha value is -2.70. The van der Waals surface area contributed by atoms with Crippen molar-refractivity contribution in [1.29, 1.82) is 0 Å². The van der Waals surface area contributed by atoms with Gasteiger partial charge in [-0.25, -0.2) is 18.5 Å². The minimum atomic E-state index is -4.51. The van der Waals surface area contributed by atoms with Crippen LogP contribution in [0.2, 0.25) is 0 Å². The van der Waals surface area contributed by atoms with Crippen LogP contribution in [-0.2, 0) is 9.47 Å². The largest absolute Gasteiger partial charge is 0.446 e. The number of anilines is 1. The van der Waals surface area contributed by atoms with Gasteiger partial charge in [0.15, 0.2) is 0 Å². The first-order valence-corrected chi connectivity index (χ1v) is 10.2. The van der Waals surface area contributed by atoms with Crippen molar-refractivity contribution in [2.75, 3.05) is 32.6 Å². The van der Waals surface area contributed by atoms with Crippen molar-refractivity contribution in [3.05, 3.63) is 58.7 Å². The number of amides is 3. The lowest BCUT2D eigenvalue weighted by atomic mass is 10.1. The summed E-state index contributed by atoms with van der Waals surface area (Å²) in [6.07, 6.45) is 0. The maximum atomic E-state index is 14.2. The van der Waals surface area contributed by atoms with E-state index in [2.05, 4.69) is 0 Å². The number of methoxy groups -OCH3 is 2. The van der Waals surface area contributed by atoms with E-state index in [4.69, 9.17) is 9.47 Å². The van der Waals surface area contributed by atoms with E-state index in [0.29, 0.717) is 10.5 Å². The zero-order valence-corrected chi connectivity index (χ0v) is 18.9. The van der Waals surface area contributed by atoms with E-state index in [1.165, 1.54) is 40.2 Å². The van der Waals surface area contributed by atoms with Gasteiger partial charge in [-0.05, 0) is 61.0 Å². The highest BCUT2D eigenvalue weighted by Gasteiger charge is 2.34. The fourth-order valence-corrected chi connectivity index (χ4v) is 3.67. The summed E-state index contributed by atoms with van der Waals surface area (Å²) in [6.45, 7) is 1.90. The van der Waals surface area contributed by atoms with Crippen LogP contribution in [0.3, 0.4) is 0 Å². The number of urea groups is 1. The van der Waals surface area contributed by atoms with Crippen molar-refractivity contribution in [2.45, 2.75) is 24.3 Å². The molecule has 33 heavy (non-hydrogen) atoms. The molecule has 0 saturated heterocycles. The summed E-state index contributed by atoms with van der Waals surface area (Å²) in [5, 5.41) is 0. The molecular formula is C21H21F5N2O4S. The molecule has 0 N–H and O–H groups in total. The van der Waals surface area contributed by atoms with Gasteiger partial charge in [-0.15, -0.1) is 0 Å². The summed E-state index contributed by atoms with van der Waals surface area (Å²) in [7, 11) is 2.43. The fourth-order valence-electron chi connectivity index (χ4n) is 2.98. The van der Waals surface area contributed by atoms with Crippen molar-refractivity contribution >= 4 is 29.4 Å². The van der Waals surface area contributed by atoms with Gasteiger partial charge in [0.05, 0.1) is 5.69 Å². The third-order valence-corrected chi connectivity index (χ3v) is 5.52. The van der Waals surface area contributed by atoms with Gasteiger partial charge in [-0.1, -0.05) is 6.07 Å². The lowest BCUT2D eigenvalue weighted by Gasteiger charge is -2.30. The molecule has 0 saturated carbocycles. The molecule has 2 aromatic carbocycles. The van der Waals surface area contributed by atoms with E-state index in [1.54, 1.807) is 0 Å².